The molecule has 2 heterocycles. The van der Waals surface area contributed by atoms with Crippen LogP contribution in [0.1, 0.15) is 0 Å². The fourth-order valence-corrected chi connectivity index (χ4v) is 7.55. The summed E-state index contributed by atoms with van der Waals surface area (Å²) >= 11 is 0. The first-order valence-corrected chi connectivity index (χ1v) is 17.3. The van der Waals surface area contributed by atoms with Gasteiger partial charge in [0.2, 0.25) is 0 Å². The molecule has 0 unspecified atom stereocenters. The molecule has 0 aliphatic heterocycles. The monoisotopic (exact) mass is 652 g/mol. The van der Waals surface area contributed by atoms with E-state index in [1.807, 2.05) is 12.1 Å². The van der Waals surface area contributed by atoms with Crippen molar-refractivity contribution in [2.24, 2.45) is 0 Å². The molecule has 0 saturated carbocycles. The smallest absolute Gasteiger partial charge is 0.143 e. The molecule has 0 bridgehead atoms. The second-order valence-corrected chi connectivity index (χ2v) is 13.0. The van der Waals surface area contributed by atoms with Gasteiger partial charge in [0.15, 0.2) is 0 Å². The Kier molecular flexibility index (Phi) is 6.81. The molecular formula is C48H32N2O. The Morgan fingerprint density at radius 1 is 0.373 bits per heavy atom. The van der Waals surface area contributed by atoms with Crippen molar-refractivity contribution in [3.05, 3.63) is 188 Å². The van der Waals surface area contributed by atoms with E-state index in [1.165, 1.54) is 27.6 Å². The van der Waals surface area contributed by atoms with Crippen molar-refractivity contribution in [2.45, 2.75) is 0 Å². The predicted octanol–water partition coefficient (Wildman–Crippen LogP) is 13.7. The number of hydrogen-bond donors (Lipinski definition) is 1. The normalized spacial score (nSPS) is 11.5. The van der Waals surface area contributed by atoms with Crippen molar-refractivity contribution in [2.75, 3.05) is 4.90 Å². The quantitative estimate of drug-likeness (QED) is 0.194. The maximum Gasteiger partial charge on any atom is 0.143 e. The summed E-state index contributed by atoms with van der Waals surface area (Å²) in [5, 5.41) is 4.59. The van der Waals surface area contributed by atoms with Gasteiger partial charge in [-0.15, -0.1) is 0 Å². The third kappa shape index (κ3) is 4.98. The van der Waals surface area contributed by atoms with Crippen molar-refractivity contribution in [3.8, 4) is 33.4 Å². The minimum atomic E-state index is 0.891. The Balaban J connectivity index is 1.22. The molecule has 0 saturated heterocycles. The number of aromatic amines is 1. The molecule has 51 heavy (non-hydrogen) atoms. The number of H-pyrrole nitrogens is 1. The Hall–Kier alpha value is -6.84. The average molecular weight is 653 g/mol. The predicted molar refractivity (Wildman–Crippen MR) is 214 cm³/mol. The first kappa shape index (κ1) is 29.1. The van der Waals surface area contributed by atoms with Gasteiger partial charge in [-0.25, -0.2) is 0 Å². The Morgan fingerprint density at radius 2 is 0.922 bits per heavy atom. The van der Waals surface area contributed by atoms with Crippen molar-refractivity contribution in [3.63, 3.8) is 0 Å². The first-order chi connectivity index (χ1) is 25.3. The van der Waals surface area contributed by atoms with Crippen LogP contribution in [0.2, 0.25) is 0 Å². The van der Waals surface area contributed by atoms with Gasteiger partial charge in [0.25, 0.3) is 0 Å². The topological polar surface area (TPSA) is 32.2 Å². The second-order valence-electron chi connectivity index (χ2n) is 13.0. The zero-order valence-electron chi connectivity index (χ0n) is 27.8. The number of benzene rings is 8. The van der Waals surface area contributed by atoms with Crippen LogP contribution in [0.4, 0.5) is 17.1 Å². The van der Waals surface area contributed by atoms with Crippen LogP contribution in [0.25, 0.3) is 77.1 Å². The molecule has 1 N–H and O–H groups in total. The van der Waals surface area contributed by atoms with Crippen molar-refractivity contribution < 1.29 is 4.42 Å². The van der Waals surface area contributed by atoms with E-state index in [0.717, 1.165) is 66.5 Å². The fraction of sp³-hybridized carbons (Fsp3) is 0. The second kappa shape index (κ2) is 11.9. The Labute approximate surface area is 295 Å². The number of furan rings is 1. The lowest BCUT2D eigenvalue weighted by molar-refractivity contribution is 0.670. The minimum absolute atomic E-state index is 0.891. The zero-order chi connectivity index (χ0) is 33.7. The lowest BCUT2D eigenvalue weighted by Gasteiger charge is -2.27. The minimum Gasteiger partial charge on any atom is -0.455 e. The molecule has 0 aliphatic rings. The van der Waals surface area contributed by atoms with Gasteiger partial charge in [-0.1, -0.05) is 140 Å². The molecule has 240 valence electrons. The summed E-state index contributed by atoms with van der Waals surface area (Å²) in [4.78, 5) is 6.15. The molecule has 3 heteroatoms. The maximum absolute atomic E-state index is 6.61. The third-order valence-electron chi connectivity index (χ3n) is 10.0. The van der Waals surface area contributed by atoms with Gasteiger partial charge in [-0.05, 0) is 70.8 Å². The van der Waals surface area contributed by atoms with E-state index in [1.54, 1.807) is 0 Å². The van der Waals surface area contributed by atoms with E-state index in [9.17, 15) is 0 Å². The summed E-state index contributed by atoms with van der Waals surface area (Å²) in [5.74, 6) is 0. The molecule has 0 amide bonds. The highest BCUT2D eigenvalue weighted by Gasteiger charge is 2.21. The van der Waals surface area contributed by atoms with E-state index < -0.39 is 0 Å². The summed E-state index contributed by atoms with van der Waals surface area (Å²) in [5.41, 5.74) is 14.1. The molecule has 0 aliphatic carbocycles. The number of aromatic nitrogens is 1. The van der Waals surface area contributed by atoms with Gasteiger partial charge in [0.05, 0.1) is 5.52 Å². The van der Waals surface area contributed by atoms with Gasteiger partial charge < -0.3 is 14.3 Å². The molecule has 2 aromatic heterocycles. The number of fused-ring (bicyclic) bond motifs is 6. The zero-order valence-corrected chi connectivity index (χ0v) is 27.8. The number of anilines is 3. The largest absolute Gasteiger partial charge is 0.455 e. The molecule has 3 nitrogen and oxygen atoms in total. The molecule has 0 fully saturated rings. The maximum atomic E-state index is 6.61. The number of nitrogens with one attached hydrogen (secondary N) is 1. The molecule has 10 aromatic rings. The van der Waals surface area contributed by atoms with Crippen LogP contribution in [0.15, 0.2) is 192 Å². The summed E-state index contributed by atoms with van der Waals surface area (Å²) in [6.45, 7) is 0. The number of hydrogen-bond acceptors (Lipinski definition) is 2. The van der Waals surface area contributed by atoms with E-state index in [0.29, 0.717) is 0 Å². The fourth-order valence-electron chi connectivity index (χ4n) is 7.55. The van der Waals surface area contributed by atoms with Crippen LogP contribution < -0.4 is 4.90 Å². The molecule has 8 aromatic carbocycles. The van der Waals surface area contributed by atoms with E-state index in [-0.39, 0.29) is 0 Å². The van der Waals surface area contributed by atoms with Gasteiger partial charge in [0.1, 0.15) is 11.2 Å². The summed E-state index contributed by atoms with van der Waals surface area (Å²) in [7, 11) is 0. The van der Waals surface area contributed by atoms with Gasteiger partial charge in [0, 0.05) is 55.3 Å². The average Bonchev–Trinajstić information content (AvgIpc) is 3.78. The van der Waals surface area contributed by atoms with E-state index >= 15 is 0 Å². The highest BCUT2D eigenvalue weighted by atomic mass is 16.3. The number of rotatable bonds is 6. The first-order valence-electron chi connectivity index (χ1n) is 17.3. The van der Waals surface area contributed by atoms with E-state index in [2.05, 4.69) is 186 Å². The number of para-hydroxylation sites is 3. The SMILES string of the molecule is c1ccc(-c2ccc(N(c3ccc(-c4ccccc4)cc3)c3cc(-c4cccc5c4oc4ccccc45)c4[nH]c5ccccc5c4c3)cc2)cc1. The highest BCUT2D eigenvalue weighted by Crippen LogP contribution is 2.45. The van der Waals surface area contributed by atoms with Crippen molar-refractivity contribution in [1.29, 1.82) is 0 Å². The lowest BCUT2D eigenvalue weighted by atomic mass is 9.97. The van der Waals surface area contributed by atoms with Crippen LogP contribution in [0.5, 0.6) is 0 Å². The summed E-state index contributed by atoms with van der Waals surface area (Å²) in [6, 6.07) is 66.9. The third-order valence-corrected chi connectivity index (χ3v) is 10.0. The standard InChI is InChI=1S/C48H32N2O/c1-3-12-32(13-4-1)34-22-26-36(27-23-34)50(37-28-24-35(25-29-37)33-14-5-2-6-15-33)38-30-43-39-16-7-9-20-45(39)49-47(43)44(31-38)42-19-11-18-41-40-17-8-10-21-46(40)51-48(41)42/h1-31,49H. The molecular weight excluding hydrogens is 621 g/mol. The van der Waals surface area contributed by atoms with Crippen LogP contribution in [-0.4, -0.2) is 4.98 Å². The van der Waals surface area contributed by atoms with E-state index in [4.69, 9.17) is 4.42 Å². The van der Waals surface area contributed by atoms with Crippen molar-refractivity contribution >= 4 is 60.8 Å². The molecule has 0 spiro atoms. The number of nitrogens with zero attached hydrogens (tertiary/aromatic N) is 1. The summed E-state index contributed by atoms with van der Waals surface area (Å²) < 4.78 is 6.61. The Bertz CT molecular complexity index is 2750. The van der Waals surface area contributed by atoms with Crippen LogP contribution in [0.3, 0.4) is 0 Å². The molecule has 0 atom stereocenters. The lowest BCUT2D eigenvalue weighted by Crippen LogP contribution is -2.10. The van der Waals surface area contributed by atoms with Gasteiger partial charge in [-0.2, -0.15) is 0 Å². The summed E-state index contributed by atoms with van der Waals surface area (Å²) in [6.07, 6.45) is 0. The van der Waals surface area contributed by atoms with Crippen LogP contribution >= 0.6 is 0 Å². The van der Waals surface area contributed by atoms with Crippen molar-refractivity contribution in [1.82, 2.24) is 4.98 Å². The molecule has 10 rings (SSSR count). The highest BCUT2D eigenvalue weighted by molar-refractivity contribution is 6.17. The van der Waals surface area contributed by atoms with Crippen LogP contribution in [0, 0.1) is 0 Å². The van der Waals surface area contributed by atoms with Crippen LogP contribution in [-0.2, 0) is 0 Å². The van der Waals surface area contributed by atoms with Gasteiger partial charge >= 0.3 is 0 Å². The molecule has 0 radical (unpaired) electrons. The Morgan fingerprint density at radius 3 is 1.59 bits per heavy atom. The van der Waals surface area contributed by atoms with Gasteiger partial charge in [-0.3, -0.25) is 0 Å².